The molecule has 3 rings (SSSR count). The topological polar surface area (TPSA) is 58.3 Å². The molecule has 1 saturated heterocycles. The number of nitrogens with one attached hydrogen (secondary N) is 1. The number of anilines is 1. The molecule has 0 spiro atoms. The van der Waals surface area contributed by atoms with E-state index in [1.807, 2.05) is 25.2 Å². The molecule has 0 unspecified atom stereocenters. The van der Waals surface area contributed by atoms with Crippen LogP contribution in [-0.4, -0.2) is 38.9 Å². The Kier molecular flexibility index (Phi) is 4.68. The number of benzene rings is 1. The third kappa shape index (κ3) is 3.63. The van der Waals surface area contributed by atoms with Crippen molar-refractivity contribution in [2.75, 3.05) is 18.4 Å². The van der Waals surface area contributed by atoms with E-state index in [0.29, 0.717) is 6.54 Å². The maximum atomic E-state index is 4.78. The highest BCUT2D eigenvalue weighted by atomic mass is 15.4. The molecule has 0 bridgehead atoms. The monoisotopic (exact) mass is 298 g/mol. The van der Waals surface area contributed by atoms with Crippen molar-refractivity contribution in [3.05, 3.63) is 42.2 Å². The molecule has 22 heavy (non-hydrogen) atoms. The first-order valence-corrected chi connectivity index (χ1v) is 7.78. The lowest BCUT2D eigenvalue weighted by Gasteiger charge is -2.30. The van der Waals surface area contributed by atoms with E-state index >= 15 is 0 Å². The molecule has 0 saturated carbocycles. The van der Waals surface area contributed by atoms with Crippen LogP contribution < -0.4 is 5.32 Å². The predicted octanol–water partition coefficient (Wildman–Crippen LogP) is 2.27. The van der Waals surface area contributed by atoms with Gasteiger partial charge in [0.05, 0.1) is 18.4 Å². The summed E-state index contributed by atoms with van der Waals surface area (Å²) in [5.41, 5.74) is 2.07. The molecule has 0 atom stereocenters. The molecule has 0 radical (unpaired) electrons. The molecule has 0 amide bonds. The maximum absolute atomic E-state index is 4.78. The highest BCUT2D eigenvalue weighted by Gasteiger charge is 2.15. The lowest BCUT2D eigenvalue weighted by Crippen LogP contribution is -2.40. The third-order valence-electron chi connectivity index (χ3n) is 3.88. The standard InChI is InChI=1S/C16H22N6/c1-21-15(13-18-20-21)12-17-16(22-10-6-3-7-11-22)19-14-8-4-2-5-9-14/h2,4-5,8-9,13H,3,6-7,10-12H2,1H3,(H,17,19). The number of nitrogens with zero attached hydrogens (tertiary/aromatic N) is 5. The fraction of sp³-hybridized carbons (Fsp3) is 0.438. The summed E-state index contributed by atoms with van der Waals surface area (Å²) in [5, 5.41) is 11.3. The minimum atomic E-state index is 0.579. The summed E-state index contributed by atoms with van der Waals surface area (Å²) in [6.07, 6.45) is 5.52. The molecular weight excluding hydrogens is 276 g/mol. The van der Waals surface area contributed by atoms with E-state index in [1.165, 1.54) is 19.3 Å². The first-order chi connectivity index (χ1) is 10.8. The molecule has 6 nitrogen and oxygen atoms in total. The van der Waals surface area contributed by atoms with Crippen LogP contribution in [0.5, 0.6) is 0 Å². The second kappa shape index (κ2) is 7.06. The first kappa shape index (κ1) is 14.6. The van der Waals surface area contributed by atoms with E-state index in [-0.39, 0.29) is 0 Å². The van der Waals surface area contributed by atoms with Crippen LogP contribution in [0.2, 0.25) is 0 Å². The second-order valence-electron chi connectivity index (χ2n) is 5.53. The van der Waals surface area contributed by atoms with E-state index in [0.717, 1.165) is 30.4 Å². The molecule has 1 aliphatic rings. The Morgan fingerprint density at radius 1 is 1.18 bits per heavy atom. The number of aryl methyl sites for hydroxylation is 1. The van der Waals surface area contributed by atoms with E-state index in [9.17, 15) is 0 Å². The fourth-order valence-corrected chi connectivity index (χ4v) is 2.58. The lowest BCUT2D eigenvalue weighted by atomic mass is 10.1. The number of para-hydroxylation sites is 1. The zero-order valence-corrected chi connectivity index (χ0v) is 12.9. The number of likely N-dealkylation sites (tertiary alicyclic amines) is 1. The van der Waals surface area contributed by atoms with Crippen molar-refractivity contribution >= 4 is 11.6 Å². The average Bonchev–Trinajstić information content (AvgIpc) is 2.98. The zero-order valence-electron chi connectivity index (χ0n) is 12.9. The van der Waals surface area contributed by atoms with Crippen LogP contribution in [0.1, 0.15) is 25.0 Å². The molecule has 1 fully saturated rings. The van der Waals surface area contributed by atoms with Gasteiger partial charge in [0, 0.05) is 25.8 Å². The van der Waals surface area contributed by atoms with Gasteiger partial charge in [-0.2, -0.15) is 0 Å². The number of aromatic nitrogens is 3. The molecule has 1 aromatic carbocycles. The Morgan fingerprint density at radius 2 is 1.95 bits per heavy atom. The Morgan fingerprint density at radius 3 is 2.64 bits per heavy atom. The summed E-state index contributed by atoms with van der Waals surface area (Å²) in [4.78, 5) is 7.11. The van der Waals surface area contributed by atoms with Crippen molar-refractivity contribution in [2.45, 2.75) is 25.8 Å². The largest absolute Gasteiger partial charge is 0.343 e. The van der Waals surface area contributed by atoms with Gasteiger partial charge in [-0.15, -0.1) is 5.10 Å². The van der Waals surface area contributed by atoms with Crippen LogP contribution in [-0.2, 0) is 13.6 Å². The van der Waals surface area contributed by atoms with E-state index in [1.54, 1.807) is 10.9 Å². The van der Waals surface area contributed by atoms with Crippen molar-refractivity contribution in [3.8, 4) is 0 Å². The van der Waals surface area contributed by atoms with Crippen LogP contribution in [0, 0.1) is 0 Å². The van der Waals surface area contributed by atoms with Crippen molar-refractivity contribution in [2.24, 2.45) is 12.0 Å². The summed E-state index contributed by atoms with van der Waals surface area (Å²) in [5.74, 6) is 0.937. The van der Waals surface area contributed by atoms with Gasteiger partial charge in [-0.3, -0.25) is 4.68 Å². The van der Waals surface area contributed by atoms with E-state index in [4.69, 9.17) is 4.99 Å². The van der Waals surface area contributed by atoms with Gasteiger partial charge in [0.25, 0.3) is 0 Å². The summed E-state index contributed by atoms with van der Waals surface area (Å²) in [6.45, 7) is 2.69. The van der Waals surface area contributed by atoms with Gasteiger partial charge in [0.15, 0.2) is 5.96 Å². The van der Waals surface area contributed by atoms with Crippen LogP contribution in [0.4, 0.5) is 5.69 Å². The van der Waals surface area contributed by atoms with Gasteiger partial charge in [-0.25, -0.2) is 4.99 Å². The molecule has 2 aromatic rings. The van der Waals surface area contributed by atoms with Crippen molar-refractivity contribution in [1.29, 1.82) is 0 Å². The highest BCUT2D eigenvalue weighted by Crippen LogP contribution is 2.13. The van der Waals surface area contributed by atoms with Gasteiger partial charge in [0.1, 0.15) is 0 Å². The SMILES string of the molecule is Cn1nncc1CN=C(Nc1ccccc1)N1CCCCC1. The number of guanidine groups is 1. The van der Waals surface area contributed by atoms with Crippen LogP contribution in [0.25, 0.3) is 0 Å². The lowest BCUT2D eigenvalue weighted by molar-refractivity contribution is 0.340. The second-order valence-corrected chi connectivity index (χ2v) is 5.53. The molecule has 1 aliphatic heterocycles. The summed E-state index contributed by atoms with van der Waals surface area (Å²) < 4.78 is 1.76. The predicted molar refractivity (Wildman–Crippen MR) is 87.6 cm³/mol. The molecule has 1 aromatic heterocycles. The Bertz CT molecular complexity index is 613. The van der Waals surface area contributed by atoms with Crippen molar-refractivity contribution in [3.63, 3.8) is 0 Å². The zero-order chi connectivity index (χ0) is 15.2. The Balaban J connectivity index is 1.77. The molecule has 1 N–H and O–H groups in total. The quantitative estimate of drug-likeness (QED) is 0.697. The summed E-state index contributed by atoms with van der Waals surface area (Å²) in [6, 6.07) is 10.2. The number of hydrogen-bond donors (Lipinski definition) is 1. The number of piperidine rings is 1. The van der Waals surface area contributed by atoms with Crippen LogP contribution in [0.15, 0.2) is 41.5 Å². The van der Waals surface area contributed by atoms with Gasteiger partial charge in [-0.05, 0) is 31.4 Å². The number of rotatable bonds is 3. The molecule has 0 aliphatic carbocycles. The number of aliphatic imine (C=N–C) groups is 1. The third-order valence-corrected chi connectivity index (χ3v) is 3.88. The minimum absolute atomic E-state index is 0.579. The number of hydrogen-bond acceptors (Lipinski definition) is 3. The van der Waals surface area contributed by atoms with E-state index in [2.05, 4.69) is 32.7 Å². The van der Waals surface area contributed by atoms with Crippen molar-refractivity contribution < 1.29 is 0 Å². The smallest absolute Gasteiger partial charge is 0.198 e. The molecule has 6 heteroatoms. The molecular formula is C16H22N6. The van der Waals surface area contributed by atoms with Crippen LogP contribution >= 0.6 is 0 Å². The Hall–Kier alpha value is -2.37. The van der Waals surface area contributed by atoms with Gasteiger partial charge >= 0.3 is 0 Å². The van der Waals surface area contributed by atoms with Gasteiger partial charge in [0.2, 0.25) is 0 Å². The fourth-order valence-electron chi connectivity index (χ4n) is 2.58. The van der Waals surface area contributed by atoms with Gasteiger partial charge < -0.3 is 10.2 Å². The highest BCUT2D eigenvalue weighted by molar-refractivity contribution is 5.93. The molecule has 116 valence electrons. The Labute approximate surface area is 130 Å². The molecule has 2 heterocycles. The first-order valence-electron chi connectivity index (χ1n) is 7.78. The maximum Gasteiger partial charge on any atom is 0.198 e. The summed E-state index contributed by atoms with van der Waals surface area (Å²) >= 11 is 0. The van der Waals surface area contributed by atoms with E-state index < -0.39 is 0 Å². The minimum Gasteiger partial charge on any atom is -0.343 e. The normalized spacial score (nSPS) is 15.9. The summed E-state index contributed by atoms with van der Waals surface area (Å²) in [7, 11) is 1.89. The average molecular weight is 298 g/mol. The van der Waals surface area contributed by atoms with Crippen LogP contribution in [0.3, 0.4) is 0 Å². The van der Waals surface area contributed by atoms with Gasteiger partial charge in [-0.1, -0.05) is 23.4 Å². The van der Waals surface area contributed by atoms with Crippen molar-refractivity contribution in [1.82, 2.24) is 19.9 Å².